The van der Waals surface area contributed by atoms with E-state index in [2.05, 4.69) is 13.8 Å². The van der Waals surface area contributed by atoms with Crippen molar-refractivity contribution in [1.82, 2.24) is 0 Å². The third kappa shape index (κ3) is 5.79. The average Bonchev–Trinajstić information content (AvgIpc) is 2.72. The second-order valence-electron chi connectivity index (χ2n) is 10.6. The number of unbranched alkanes of at least 4 members (excludes halogenated alkanes) is 6. The van der Waals surface area contributed by atoms with Gasteiger partial charge in [0.15, 0.2) is 0 Å². The number of rotatable bonds is 13. The molecule has 0 aromatic heterocycles. The van der Waals surface area contributed by atoms with Crippen molar-refractivity contribution < 1.29 is 19.8 Å². The van der Waals surface area contributed by atoms with Crippen LogP contribution in [0.3, 0.4) is 0 Å². The van der Waals surface area contributed by atoms with Crippen LogP contribution in [-0.2, 0) is 9.59 Å². The molecule has 4 heteroatoms. The Balaban J connectivity index is 1.97. The van der Waals surface area contributed by atoms with E-state index in [1.807, 2.05) is 0 Å². The molecule has 2 N–H and O–H groups in total. The quantitative estimate of drug-likeness (QED) is 0.302. The van der Waals surface area contributed by atoms with Crippen molar-refractivity contribution in [3.05, 3.63) is 0 Å². The van der Waals surface area contributed by atoms with Crippen molar-refractivity contribution in [2.24, 2.45) is 22.7 Å². The number of carbonyl (C=O) groups is 2. The van der Waals surface area contributed by atoms with Gasteiger partial charge in [-0.15, -0.1) is 0 Å². The number of hydrogen-bond acceptors (Lipinski definition) is 2. The molecule has 0 spiro atoms. The number of hydrogen-bond donors (Lipinski definition) is 2. The molecule has 0 radical (unpaired) electrons. The minimum Gasteiger partial charge on any atom is -0.481 e. The second-order valence-corrected chi connectivity index (χ2v) is 10.6. The van der Waals surface area contributed by atoms with E-state index in [0.717, 1.165) is 70.1 Å². The van der Waals surface area contributed by atoms with Crippen LogP contribution in [-0.4, -0.2) is 22.2 Å². The fourth-order valence-electron chi connectivity index (χ4n) is 6.59. The van der Waals surface area contributed by atoms with Crippen molar-refractivity contribution in [2.45, 2.75) is 129 Å². The van der Waals surface area contributed by atoms with Crippen LogP contribution in [0.15, 0.2) is 0 Å². The molecule has 0 amide bonds. The third-order valence-corrected chi connectivity index (χ3v) is 8.26. The highest BCUT2D eigenvalue weighted by molar-refractivity contribution is 5.87. The van der Waals surface area contributed by atoms with Gasteiger partial charge in [0.25, 0.3) is 0 Å². The fraction of sp³-hybridized carbons (Fsp3) is 0.923. The minimum absolute atomic E-state index is 0.0288. The Morgan fingerprint density at radius 1 is 0.767 bits per heavy atom. The lowest BCUT2D eigenvalue weighted by molar-refractivity contribution is -0.190. The standard InChI is InChI=1S/C26H46O4/c1-21(2)15-9-6-4-3-5-7-12-18-25(23(27)28)19-13-14-20-26(25,24(29)30)22-16-10-8-11-17-22/h21-22H,3-20H2,1-2H3,(H,27,28)(H,29,30). The van der Waals surface area contributed by atoms with Crippen molar-refractivity contribution in [3.63, 3.8) is 0 Å². The van der Waals surface area contributed by atoms with Gasteiger partial charge in [0.05, 0.1) is 10.8 Å². The highest BCUT2D eigenvalue weighted by atomic mass is 16.4. The molecule has 2 saturated carbocycles. The Bertz CT molecular complexity index is 537. The molecule has 2 rings (SSSR count). The minimum atomic E-state index is -1.07. The maximum atomic E-state index is 12.7. The molecule has 2 aliphatic rings. The van der Waals surface area contributed by atoms with Crippen LogP contribution in [0.4, 0.5) is 0 Å². The summed E-state index contributed by atoms with van der Waals surface area (Å²) in [4.78, 5) is 25.4. The Morgan fingerprint density at radius 2 is 1.33 bits per heavy atom. The lowest BCUT2D eigenvalue weighted by Crippen LogP contribution is -2.58. The van der Waals surface area contributed by atoms with Gasteiger partial charge in [0.1, 0.15) is 0 Å². The molecular weight excluding hydrogens is 376 g/mol. The summed E-state index contributed by atoms with van der Waals surface area (Å²) in [7, 11) is 0. The molecule has 2 aliphatic carbocycles. The summed E-state index contributed by atoms with van der Waals surface area (Å²) in [5.41, 5.74) is -2.13. The van der Waals surface area contributed by atoms with E-state index in [9.17, 15) is 19.8 Å². The summed E-state index contributed by atoms with van der Waals surface area (Å²) in [6.45, 7) is 4.54. The van der Waals surface area contributed by atoms with Crippen molar-refractivity contribution in [2.75, 3.05) is 0 Å². The Morgan fingerprint density at radius 3 is 1.90 bits per heavy atom. The summed E-state index contributed by atoms with van der Waals surface area (Å²) < 4.78 is 0. The van der Waals surface area contributed by atoms with Gasteiger partial charge in [-0.1, -0.05) is 97.3 Å². The molecule has 0 bridgehead atoms. The molecule has 2 atom stereocenters. The maximum absolute atomic E-state index is 12.7. The van der Waals surface area contributed by atoms with E-state index in [1.54, 1.807) is 0 Å². The van der Waals surface area contributed by atoms with Crippen LogP contribution >= 0.6 is 0 Å². The highest BCUT2D eigenvalue weighted by Gasteiger charge is 2.64. The van der Waals surface area contributed by atoms with Crippen molar-refractivity contribution in [1.29, 1.82) is 0 Å². The van der Waals surface area contributed by atoms with E-state index in [4.69, 9.17) is 0 Å². The van der Waals surface area contributed by atoms with Crippen molar-refractivity contribution >= 4 is 11.9 Å². The van der Waals surface area contributed by atoms with Gasteiger partial charge in [0.2, 0.25) is 0 Å². The molecule has 0 aliphatic heterocycles. The Kier molecular flexibility index (Phi) is 10.2. The van der Waals surface area contributed by atoms with E-state index in [0.29, 0.717) is 19.3 Å². The zero-order chi connectivity index (χ0) is 22.0. The largest absolute Gasteiger partial charge is 0.481 e. The fourth-order valence-corrected chi connectivity index (χ4v) is 6.59. The predicted octanol–water partition coefficient (Wildman–Crippen LogP) is 7.45. The first-order valence-corrected chi connectivity index (χ1v) is 12.8. The molecule has 0 saturated heterocycles. The van der Waals surface area contributed by atoms with Crippen molar-refractivity contribution in [3.8, 4) is 0 Å². The molecule has 2 fully saturated rings. The topological polar surface area (TPSA) is 74.6 Å². The van der Waals surface area contributed by atoms with Gasteiger partial charge in [-0.3, -0.25) is 9.59 Å². The summed E-state index contributed by atoms with van der Waals surface area (Å²) in [6.07, 6.45) is 17.8. The van der Waals surface area contributed by atoms with Gasteiger partial charge in [-0.25, -0.2) is 0 Å². The summed E-state index contributed by atoms with van der Waals surface area (Å²) in [5.74, 6) is -0.863. The first-order valence-electron chi connectivity index (χ1n) is 12.8. The predicted molar refractivity (Wildman–Crippen MR) is 122 cm³/mol. The molecule has 4 nitrogen and oxygen atoms in total. The van der Waals surface area contributed by atoms with Gasteiger partial charge < -0.3 is 10.2 Å². The highest BCUT2D eigenvalue weighted by Crippen LogP contribution is 2.60. The van der Waals surface area contributed by atoms with Crippen LogP contribution < -0.4 is 0 Å². The van der Waals surface area contributed by atoms with Gasteiger partial charge in [-0.05, 0) is 43.9 Å². The zero-order valence-electron chi connectivity index (χ0n) is 19.6. The second kappa shape index (κ2) is 12.1. The average molecular weight is 423 g/mol. The van der Waals surface area contributed by atoms with Crippen LogP contribution in [0.2, 0.25) is 0 Å². The monoisotopic (exact) mass is 422 g/mol. The smallest absolute Gasteiger partial charge is 0.311 e. The van der Waals surface area contributed by atoms with E-state index in [-0.39, 0.29) is 5.92 Å². The Labute approximate surface area is 184 Å². The molecule has 174 valence electrons. The first-order chi connectivity index (χ1) is 14.4. The van der Waals surface area contributed by atoms with Crippen LogP contribution in [0, 0.1) is 22.7 Å². The van der Waals surface area contributed by atoms with E-state index < -0.39 is 22.8 Å². The normalized spacial score (nSPS) is 28.0. The van der Waals surface area contributed by atoms with Crippen LogP contribution in [0.1, 0.15) is 129 Å². The van der Waals surface area contributed by atoms with E-state index in [1.165, 1.54) is 32.1 Å². The number of carboxylic acids is 2. The van der Waals surface area contributed by atoms with Gasteiger partial charge in [-0.2, -0.15) is 0 Å². The first kappa shape index (κ1) is 25.2. The van der Waals surface area contributed by atoms with Crippen LogP contribution in [0.5, 0.6) is 0 Å². The van der Waals surface area contributed by atoms with Gasteiger partial charge in [0, 0.05) is 0 Å². The molecule has 0 aromatic rings. The molecular formula is C26H46O4. The molecule has 0 heterocycles. The molecule has 0 aromatic carbocycles. The number of carboxylic acid groups (broad SMARTS) is 2. The lowest BCUT2D eigenvalue weighted by Gasteiger charge is -2.53. The number of aliphatic carboxylic acids is 2. The zero-order valence-corrected chi connectivity index (χ0v) is 19.6. The Hall–Kier alpha value is -1.06. The summed E-state index contributed by atoms with van der Waals surface area (Å²) in [5, 5.41) is 20.8. The summed E-state index contributed by atoms with van der Waals surface area (Å²) in [6, 6.07) is 0. The molecule has 2 unspecified atom stereocenters. The van der Waals surface area contributed by atoms with Gasteiger partial charge >= 0.3 is 11.9 Å². The third-order valence-electron chi connectivity index (χ3n) is 8.26. The molecule has 30 heavy (non-hydrogen) atoms. The maximum Gasteiger partial charge on any atom is 0.311 e. The van der Waals surface area contributed by atoms with Crippen LogP contribution in [0.25, 0.3) is 0 Å². The van der Waals surface area contributed by atoms with E-state index >= 15 is 0 Å². The SMILES string of the molecule is CC(C)CCCCCCCCCC1(C(=O)O)CCCCC1(C(=O)O)C1CCCCC1. The summed E-state index contributed by atoms with van der Waals surface area (Å²) >= 11 is 0. The lowest BCUT2D eigenvalue weighted by atomic mass is 9.47.